The minimum atomic E-state index is -0.495. The molecule has 1 atom stereocenters. The van der Waals surface area contributed by atoms with Gasteiger partial charge < -0.3 is 20.6 Å². The summed E-state index contributed by atoms with van der Waals surface area (Å²) in [5, 5.41) is 8.29. The topological polar surface area (TPSA) is 136 Å². The van der Waals surface area contributed by atoms with Gasteiger partial charge in [0.2, 0.25) is 0 Å². The number of fused-ring (bicyclic) bond motifs is 2. The standard InChI is InChI=1S/C25H22N8O2/c1-14(29-24(34)21-22(26)31-33-11-5-10-27-23(21)33)19-12-17-7-4-6-16(20(17)25(35)32(19)3)8-9-18-13-28-15(2)30-18/h4-7,10-14H,1-3H3,(H2,26,31)(H,28,30)(H,29,34)/t14-/m0/s1. The number of amides is 1. The van der Waals surface area contributed by atoms with Crippen molar-refractivity contribution < 1.29 is 4.79 Å². The number of aromatic nitrogens is 6. The number of imidazole rings is 1. The molecule has 0 aliphatic heterocycles. The van der Waals surface area contributed by atoms with Crippen LogP contribution in [-0.2, 0) is 7.05 Å². The number of anilines is 1. The number of nitrogens with one attached hydrogen (secondary N) is 2. The van der Waals surface area contributed by atoms with Gasteiger partial charge in [0.25, 0.3) is 11.5 Å². The maximum Gasteiger partial charge on any atom is 0.259 e. The normalized spacial score (nSPS) is 11.9. The molecule has 5 rings (SSSR count). The van der Waals surface area contributed by atoms with Crippen LogP contribution in [0.3, 0.4) is 0 Å². The molecular formula is C25H22N8O2. The molecule has 1 aromatic carbocycles. The molecule has 174 valence electrons. The van der Waals surface area contributed by atoms with E-state index in [0.717, 1.165) is 11.2 Å². The number of pyridine rings is 1. The third kappa shape index (κ3) is 3.89. The summed E-state index contributed by atoms with van der Waals surface area (Å²) in [7, 11) is 1.67. The van der Waals surface area contributed by atoms with Crippen molar-refractivity contribution in [2.45, 2.75) is 19.9 Å². The summed E-state index contributed by atoms with van der Waals surface area (Å²) in [5.41, 5.74) is 8.24. The molecule has 1 amide bonds. The van der Waals surface area contributed by atoms with Crippen LogP contribution in [0.25, 0.3) is 16.4 Å². The Morgan fingerprint density at radius 2 is 2.06 bits per heavy atom. The van der Waals surface area contributed by atoms with E-state index in [9.17, 15) is 9.59 Å². The summed E-state index contributed by atoms with van der Waals surface area (Å²) in [5.74, 6) is 6.52. The number of hydrogen-bond acceptors (Lipinski definition) is 6. The zero-order valence-electron chi connectivity index (χ0n) is 19.3. The van der Waals surface area contributed by atoms with Crippen LogP contribution in [0.1, 0.15) is 46.1 Å². The summed E-state index contributed by atoms with van der Waals surface area (Å²) in [6.07, 6.45) is 4.89. The molecule has 0 aliphatic carbocycles. The van der Waals surface area contributed by atoms with Crippen LogP contribution >= 0.6 is 0 Å². The molecule has 35 heavy (non-hydrogen) atoms. The molecule has 0 saturated carbocycles. The molecule has 0 saturated heterocycles. The Hall–Kier alpha value is -4.91. The molecule has 0 aliphatic rings. The summed E-state index contributed by atoms with van der Waals surface area (Å²) >= 11 is 0. The van der Waals surface area contributed by atoms with Crippen molar-refractivity contribution in [3.63, 3.8) is 0 Å². The largest absolute Gasteiger partial charge is 0.381 e. The van der Waals surface area contributed by atoms with Crippen molar-refractivity contribution in [3.05, 3.63) is 87.6 Å². The second-order valence-corrected chi connectivity index (χ2v) is 8.18. The Morgan fingerprint density at radius 1 is 1.23 bits per heavy atom. The van der Waals surface area contributed by atoms with Crippen LogP contribution in [-0.4, -0.2) is 35.0 Å². The molecule has 4 N–H and O–H groups in total. The Kier molecular flexibility index (Phi) is 5.30. The highest BCUT2D eigenvalue weighted by Gasteiger charge is 2.22. The minimum absolute atomic E-state index is 0.0801. The Labute approximate surface area is 199 Å². The number of nitrogens with zero attached hydrogens (tertiary/aromatic N) is 5. The van der Waals surface area contributed by atoms with E-state index < -0.39 is 11.9 Å². The molecule has 0 unspecified atom stereocenters. The first-order chi connectivity index (χ1) is 16.8. The predicted molar refractivity (Wildman–Crippen MR) is 132 cm³/mol. The average Bonchev–Trinajstić information content (AvgIpc) is 3.41. The zero-order chi connectivity index (χ0) is 24.7. The first-order valence-corrected chi connectivity index (χ1v) is 10.9. The maximum atomic E-state index is 13.4. The van der Waals surface area contributed by atoms with E-state index in [2.05, 4.69) is 37.2 Å². The van der Waals surface area contributed by atoms with Gasteiger partial charge in [0.05, 0.1) is 17.6 Å². The molecular weight excluding hydrogens is 444 g/mol. The lowest BCUT2D eigenvalue weighted by Gasteiger charge is -2.18. The van der Waals surface area contributed by atoms with Gasteiger partial charge in [-0.25, -0.2) is 14.5 Å². The van der Waals surface area contributed by atoms with Crippen molar-refractivity contribution in [1.29, 1.82) is 0 Å². The lowest BCUT2D eigenvalue weighted by molar-refractivity contribution is 0.0941. The van der Waals surface area contributed by atoms with Crippen molar-refractivity contribution in [1.82, 2.24) is 34.4 Å². The van der Waals surface area contributed by atoms with E-state index in [1.807, 2.05) is 31.2 Å². The second-order valence-electron chi connectivity index (χ2n) is 8.18. The molecule has 0 radical (unpaired) electrons. The van der Waals surface area contributed by atoms with Gasteiger partial charge in [0.1, 0.15) is 17.1 Å². The lowest BCUT2D eigenvalue weighted by atomic mass is 10.0. The van der Waals surface area contributed by atoms with Gasteiger partial charge in [0, 0.05) is 30.7 Å². The number of carbonyl (C=O) groups excluding carboxylic acids is 1. The quantitative estimate of drug-likeness (QED) is 0.348. The number of aromatic amines is 1. The van der Waals surface area contributed by atoms with Crippen LogP contribution < -0.4 is 16.6 Å². The first-order valence-electron chi connectivity index (χ1n) is 10.9. The van der Waals surface area contributed by atoms with Crippen LogP contribution in [0, 0.1) is 18.8 Å². The summed E-state index contributed by atoms with van der Waals surface area (Å²) in [4.78, 5) is 37.8. The van der Waals surface area contributed by atoms with E-state index >= 15 is 0 Å². The number of H-pyrrole nitrogens is 1. The number of rotatable bonds is 3. The monoisotopic (exact) mass is 466 g/mol. The molecule has 10 nitrogen and oxygen atoms in total. The molecule has 4 heterocycles. The molecule has 4 aromatic heterocycles. The highest BCUT2D eigenvalue weighted by Crippen LogP contribution is 2.21. The SMILES string of the molecule is Cc1ncc(C#Cc2cccc3cc([C@H](C)NC(=O)c4c(N)nn5cccnc45)n(C)c(=O)c23)[nH]1. The summed E-state index contributed by atoms with van der Waals surface area (Å²) in [6, 6.07) is 8.60. The minimum Gasteiger partial charge on any atom is -0.381 e. The Balaban J connectivity index is 1.51. The van der Waals surface area contributed by atoms with Crippen molar-refractivity contribution in [3.8, 4) is 11.8 Å². The van der Waals surface area contributed by atoms with Gasteiger partial charge in [0.15, 0.2) is 11.5 Å². The van der Waals surface area contributed by atoms with Gasteiger partial charge >= 0.3 is 0 Å². The van der Waals surface area contributed by atoms with E-state index in [4.69, 9.17) is 5.73 Å². The van der Waals surface area contributed by atoms with Crippen molar-refractivity contribution >= 4 is 28.1 Å². The van der Waals surface area contributed by atoms with E-state index in [1.165, 1.54) is 9.08 Å². The van der Waals surface area contributed by atoms with Crippen LogP contribution in [0.15, 0.2) is 53.7 Å². The van der Waals surface area contributed by atoms with Crippen LogP contribution in [0.2, 0.25) is 0 Å². The Bertz CT molecular complexity index is 1730. The smallest absolute Gasteiger partial charge is 0.259 e. The molecule has 0 bridgehead atoms. The zero-order valence-corrected chi connectivity index (χ0v) is 19.3. The fraction of sp³-hybridized carbons (Fsp3) is 0.160. The highest BCUT2D eigenvalue weighted by atomic mass is 16.2. The lowest BCUT2D eigenvalue weighted by Crippen LogP contribution is -2.32. The van der Waals surface area contributed by atoms with Crippen molar-refractivity contribution in [2.75, 3.05) is 5.73 Å². The maximum absolute atomic E-state index is 13.4. The molecule has 5 aromatic rings. The van der Waals surface area contributed by atoms with Gasteiger partial charge in [-0.3, -0.25) is 9.59 Å². The van der Waals surface area contributed by atoms with Crippen LogP contribution in [0.4, 0.5) is 5.82 Å². The number of hydrogen-bond donors (Lipinski definition) is 3. The van der Waals surface area contributed by atoms with E-state index in [-0.39, 0.29) is 16.9 Å². The molecule has 0 spiro atoms. The van der Waals surface area contributed by atoms with E-state index in [0.29, 0.717) is 28.0 Å². The third-order valence-corrected chi connectivity index (χ3v) is 5.78. The fourth-order valence-electron chi connectivity index (χ4n) is 4.07. The molecule has 10 heteroatoms. The highest BCUT2D eigenvalue weighted by molar-refractivity contribution is 6.04. The van der Waals surface area contributed by atoms with Crippen LogP contribution in [0.5, 0.6) is 0 Å². The van der Waals surface area contributed by atoms with Gasteiger partial charge in [-0.2, -0.15) is 0 Å². The predicted octanol–water partition coefficient (Wildman–Crippen LogP) is 2.09. The number of aryl methyl sites for hydroxylation is 1. The second kappa shape index (κ2) is 8.46. The number of carbonyl (C=O) groups is 1. The summed E-state index contributed by atoms with van der Waals surface area (Å²) < 4.78 is 2.98. The molecule has 0 fully saturated rings. The summed E-state index contributed by atoms with van der Waals surface area (Å²) in [6.45, 7) is 3.65. The fourth-order valence-corrected chi connectivity index (χ4v) is 4.07. The van der Waals surface area contributed by atoms with Gasteiger partial charge in [-0.1, -0.05) is 18.1 Å². The van der Waals surface area contributed by atoms with Crippen molar-refractivity contribution in [2.24, 2.45) is 7.05 Å². The van der Waals surface area contributed by atoms with Gasteiger partial charge in [-0.15, -0.1) is 5.10 Å². The average molecular weight is 467 g/mol. The van der Waals surface area contributed by atoms with E-state index in [1.54, 1.807) is 38.6 Å². The first kappa shape index (κ1) is 21.9. The number of benzene rings is 1. The van der Waals surface area contributed by atoms with Gasteiger partial charge in [-0.05, 0) is 43.4 Å². The third-order valence-electron chi connectivity index (χ3n) is 5.78. The Morgan fingerprint density at radius 3 is 2.83 bits per heavy atom. The number of nitrogen functional groups attached to an aromatic ring is 1. The number of nitrogens with two attached hydrogens (primary N) is 1.